The molecule has 7 heteroatoms. The van der Waals surface area contributed by atoms with Crippen LogP contribution in [0.15, 0.2) is 11.1 Å². The largest absolute Gasteiger partial charge is 0.478 e. The van der Waals surface area contributed by atoms with Gasteiger partial charge in [-0.05, 0) is 19.3 Å². The third kappa shape index (κ3) is 5.58. The fourth-order valence-electron chi connectivity index (χ4n) is 2.30. The smallest absolute Gasteiger partial charge is 0.332 e. The van der Waals surface area contributed by atoms with E-state index in [1.54, 1.807) is 0 Å². The summed E-state index contributed by atoms with van der Waals surface area (Å²) in [6.45, 7) is 3.74. The molecule has 0 radical (unpaired) electrons. The minimum atomic E-state index is -2.63. The van der Waals surface area contributed by atoms with Crippen molar-refractivity contribution in [2.24, 2.45) is 0 Å². The van der Waals surface area contributed by atoms with E-state index in [4.69, 9.17) is 0 Å². The topological polar surface area (TPSA) is 91.7 Å². The van der Waals surface area contributed by atoms with Crippen molar-refractivity contribution in [3.8, 4) is 0 Å². The first-order chi connectivity index (χ1) is 10.00. The lowest BCUT2D eigenvalue weighted by atomic mass is 10.0. The van der Waals surface area contributed by atoms with E-state index >= 15 is 0 Å². The molecule has 0 amide bonds. The predicted octanol–water partition coefficient (Wildman–Crippen LogP) is 3.04. The Morgan fingerprint density at radius 1 is 0.955 bits per heavy atom. The number of carbonyl (C=O) groups is 2. The second-order valence-electron chi connectivity index (χ2n) is 6.25. The van der Waals surface area contributed by atoms with Gasteiger partial charge in [-0.3, -0.25) is 8.82 Å². The lowest BCUT2D eigenvalue weighted by Crippen LogP contribution is -2.33. The van der Waals surface area contributed by atoms with E-state index in [0.717, 1.165) is 6.42 Å². The second kappa shape index (κ2) is 8.49. The average molecular weight is 334 g/mol. The summed E-state index contributed by atoms with van der Waals surface area (Å²) in [6, 6.07) is 0. The third-order valence-electron chi connectivity index (χ3n) is 3.96. The Bertz CT molecular complexity index is 491. The molecule has 128 valence electrons. The zero-order valence-corrected chi connectivity index (χ0v) is 15.2. The Kier molecular flexibility index (Phi) is 8.05. The Hall–Kier alpha value is -1.13. The van der Waals surface area contributed by atoms with Gasteiger partial charge in [0.1, 0.15) is 0 Å². The van der Waals surface area contributed by atoms with Crippen LogP contribution < -0.4 is 0 Å². The lowest BCUT2D eigenvalue weighted by molar-refractivity contribution is -0.746. The van der Waals surface area contributed by atoms with Crippen molar-refractivity contribution in [3.63, 3.8) is 0 Å². The van der Waals surface area contributed by atoms with Crippen LogP contribution in [0.4, 0.5) is 0 Å². The zero-order valence-electron chi connectivity index (χ0n) is 14.3. The predicted molar refractivity (Wildman–Crippen MR) is 87.5 cm³/mol. The molecule has 0 aliphatic rings. The molecule has 0 spiro atoms. The van der Waals surface area contributed by atoms with Crippen molar-refractivity contribution >= 4 is 19.2 Å². The fraction of sp³-hybridized carbons (Fsp3) is 0.733. The molecule has 0 heterocycles. The summed E-state index contributed by atoms with van der Waals surface area (Å²) >= 11 is 0. The highest BCUT2D eigenvalue weighted by Crippen LogP contribution is 2.53. The molecule has 6 nitrogen and oxygen atoms in total. The number of hydrogen-bond donors (Lipinski definition) is 2. The molecule has 2 N–H and O–H groups in total. The van der Waals surface area contributed by atoms with Crippen LogP contribution >= 0.6 is 7.29 Å². The van der Waals surface area contributed by atoms with E-state index < -0.39 is 19.2 Å². The Labute approximate surface area is 132 Å². The molecule has 0 saturated heterocycles. The van der Waals surface area contributed by atoms with Crippen molar-refractivity contribution in [1.82, 2.24) is 0 Å². The first kappa shape index (κ1) is 20.9. The average Bonchev–Trinajstić information content (AvgIpc) is 2.39. The van der Waals surface area contributed by atoms with Crippen LogP contribution in [0.3, 0.4) is 0 Å². The molecule has 0 aromatic carbocycles. The number of aliphatic carboxylic acids is 2. The molecule has 22 heavy (non-hydrogen) atoms. The van der Waals surface area contributed by atoms with E-state index in [2.05, 4.69) is 0 Å². The molecule has 0 aromatic rings. The highest BCUT2D eigenvalue weighted by atomic mass is 31.2. The normalized spacial score (nSPS) is 15.9. The van der Waals surface area contributed by atoms with Gasteiger partial charge in [-0.1, -0.05) is 20.3 Å². The van der Waals surface area contributed by atoms with Crippen LogP contribution in [0.25, 0.3) is 0 Å². The van der Waals surface area contributed by atoms with Gasteiger partial charge in [0, 0.05) is 17.3 Å². The van der Waals surface area contributed by atoms with Crippen molar-refractivity contribution in [2.75, 3.05) is 33.5 Å². The molecule has 0 fully saturated rings. The van der Waals surface area contributed by atoms with Crippen LogP contribution in [0, 0.1) is 0 Å². The number of hydrogen-bond acceptors (Lipinski definition) is 3. The van der Waals surface area contributed by atoms with Crippen molar-refractivity contribution < 1.29 is 28.6 Å². The zero-order chi connectivity index (χ0) is 17.6. The molecule has 0 bridgehead atoms. The van der Waals surface area contributed by atoms with Crippen LogP contribution in [-0.4, -0.2) is 59.9 Å². The molecule has 0 aromatic heterocycles. The summed E-state index contributed by atoms with van der Waals surface area (Å²) in [5.41, 5.74) is -0.165. The number of rotatable bonds is 10. The highest BCUT2D eigenvalue weighted by Gasteiger charge is 2.36. The monoisotopic (exact) mass is 334 g/mol. The van der Waals surface area contributed by atoms with E-state index in [1.807, 2.05) is 35.0 Å². The minimum Gasteiger partial charge on any atom is -0.478 e. The standard InChI is InChI=1S/C15H28NO5P/c1-6-8-9-12(14(17)18)13(15(19)20)10-11-22(21,7-2)16(3,4)5/h6-11H2,1-5H3,(H-,17,18,19,20)/p+1/b13-12+. The van der Waals surface area contributed by atoms with E-state index in [1.165, 1.54) is 0 Å². The molecule has 0 aliphatic carbocycles. The Morgan fingerprint density at radius 3 is 1.73 bits per heavy atom. The van der Waals surface area contributed by atoms with Crippen LogP contribution in [-0.2, 0) is 14.2 Å². The van der Waals surface area contributed by atoms with Gasteiger partial charge in [0.25, 0.3) is 0 Å². The molecule has 0 rings (SSSR count). The summed E-state index contributed by atoms with van der Waals surface area (Å²) in [5.74, 6) is -2.42. The number of carboxylic acid groups (broad SMARTS) is 2. The van der Waals surface area contributed by atoms with Gasteiger partial charge in [0.2, 0.25) is 7.29 Å². The minimum absolute atomic E-state index is 0.0291. The summed E-state index contributed by atoms with van der Waals surface area (Å²) in [4.78, 5) is 22.8. The Balaban J connectivity index is 5.49. The van der Waals surface area contributed by atoms with Crippen molar-refractivity contribution in [3.05, 3.63) is 11.1 Å². The van der Waals surface area contributed by atoms with Crippen molar-refractivity contribution in [2.45, 2.75) is 39.5 Å². The van der Waals surface area contributed by atoms with Crippen molar-refractivity contribution in [1.29, 1.82) is 0 Å². The molecular formula is C15H29NO5P+. The van der Waals surface area contributed by atoms with Crippen LogP contribution in [0.1, 0.15) is 39.5 Å². The highest BCUT2D eigenvalue weighted by molar-refractivity contribution is 7.58. The third-order valence-corrected chi connectivity index (χ3v) is 8.06. The summed E-state index contributed by atoms with van der Waals surface area (Å²) in [5, 5.41) is 18.6. The summed E-state index contributed by atoms with van der Waals surface area (Å²) in [6.07, 6.45) is 2.34. The number of unbranched alkanes of at least 4 members (excludes halogenated alkanes) is 1. The molecule has 1 unspecified atom stereocenters. The van der Waals surface area contributed by atoms with Crippen LogP contribution in [0.5, 0.6) is 0 Å². The molecule has 1 atom stereocenters. The van der Waals surface area contributed by atoms with E-state index in [-0.39, 0.29) is 34.4 Å². The lowest BCUT2D eigenvalue weighted by Gasteiger charge is -2.33. The van der Waals surface area contributed by atoms with E-state index in [9.17, 15) is 24.4 Å². The van der Waals surface area contributed by atoms with Gasteiger partial charge in [-0.25, -0.2) is 9.59 Å². The quantitative estimate of drug-likeness (QED) is 0.473. The SMILES string of the molecule is CCCC/C(C(=O)O)=C(/CCP(=O)(CC)[N+](C)(C)C)C(=O)O. The number of carboxylic acids is 2. The van der Waals surface area contributed by atoms with Gasteiger partial charge >= 0.3 is 11.9 Å². The maximum Gasteiger partial charge on any atom is 0.332 e. The summed E-state index contributed by atoms with van der Waals surface area (Å²) in [7, 11) is 2.84. The Morgan fingerprint density at radius 2 is 1.41 bits per heavy atom. The maximum atomic E-state index is 12.9. The molecule has 0 saturated carbocycles. The van der Waals surface area contributed by atoms with Gasteiger partial charge < -0.3 is 10.2 Å². The fourth-order valence-corrected chi connectivity index (χ4v) is 4.63. The second-order valence-corrected chi connectivity index (χ2v) is 10.2. The number of quaternary nitrogens is 1. The van der Waals surface area contributed by atoms with Gasteiger partial charge in [-0.2, -0.15) is 0 Å². The molecule has 0 aliphatic heterocycles. The van der Waals surface area contributed by atoms with Gasteiger partial charge in [0.15, 0.2) is 0 Å². The summed E-state index contributed by atoms with van der Waals surface area (Å²) < 4.78 is 13.2. The van der Waals surface area contributed by atoms with E-state index in [0.29, 0.717) is 12.6 Å². The number of nitrogens with zero attached hydrogens (tertiary/aromatic N) is 1. The van der Waals surface area contributed by atoms with Crippen LogP contribution in [0.2, 0.25) is 0 Å². The van der Waals surface area contributed by atoms with Gasteiger partial charge in [-0.15, -0.1) is 0 Å². The first-order valence-electron chi connectivity index (χ1n) is 7.58. The maximum absolute atomic E-state index is 12.9. The first-order valence-corrected chi connectivity index (χ1v) is 9.61. The molecular weight excluding hydrogens is 305 g/mol. The van der Waals surface area contributed by atoms with Gasteiger partial charge in [0.05, 0.1) is 27.3 Å².